The molecule has 0 bridgehead atoms. The molecule has 1 N–H and O–H groups in total. The molecule has 3 fully saturated rings. The molecular formula is C21H33ClIN5OS. The summed E-state index contributed by atoms with van der Waals surface area (Å²) in [5.41, 5.74) is 1.43. The zero-order chi connectivity index (χ0) is 20.1. The number of benzene rings is 1. The number of ether oxygens (including phenoxy) is 1. The average molecular weight is 566 g/mol. The van der Waals surface area contributed by atoms with Crippen LogP contribution in [0.5, 0.6) is 0 Å². The smallest absolute Gasteiger partial charge is 0.193 e. The van der Waals surface area contributed by atoms with Gasteiger partial charge in [-0.1, -0.05) is 17.7 Å². The monoisotopic (exact) mass is 565 g/mol. The van der Waals surface area contributed by atoms with Crippen molar-refractivity contribution >= 4 is 59.0 Å². The highest BCUT2D eigenvalue weighted by molar-refractivity contribution is 14.0. The quantitative estimate of drug-likeness (QED) is 0.344. The van der Waals surface area contributed by atoms with Crippen molar-refractivity contribution in [3.63, 3.8) is 0 Å². The second kappa shape index (κ2) is 11.4. The highest BCUT2D eigenvalue weighted by Gasteiger charge is 2.41. The van der Waals surface area contributed by atoms with Gasteiger partial charge < -0.3 is 19.9 Å². The zero-order valence-electron chi connectivity index (χ0n) is 17.7. The number of guanidine groups is 1. The van der Waals surface area contributed by atoms with E-state index >= 15 is 0 Å². The summed E-state index contributed by atoms with van der Waals surface area (Å²) in [7, 11) is 1.90. The molecule has 30 heavy (non-hydrogen) atoms. The topological polar surface area (TPSA) is 43.3 Å². The van der Waals surface area contributed by atoms with E-state index in [1.165, 1.54) is 23.6 Å². The number of hydrogen-bond donors (Lipinski definition) is 1. The molecular weight excluding hydrogens is 533 g/mol. The third kappa shape index (κ3) is 5.68. The summed E-state index contributed by atoms with van der Waals surface area (Å²) in [6, 6.07) is 8.14. The standard InChI is InChI=1S/C21H32ClN5OS.HI/c1-23-20(24-16-21(5-14-29-17-21)27-10-12-28-13-11-27)26-8-6-25(7-9-26)19-4-2-3-18(22)15-19;/h2-4,15H,5-14,16-17H2,1H3,(H,23,24);1H. The van der Waals surface area contributed by atoms with E-state index in [-0.39, 0.29) is 29.5 Å². The Bertz CT molecular complexity index is 704. The second-order valence-electron chi connectivity index (χ2n) is 7.98. The van der Waals surface area contributed by atoms with Crippen LogP contribution in [0.1, 0.15) is 6.42 Å². The minimum Gasteiger partial charge on any atom is -0.379 e. The fraction of sp³-hybridized carbons (Fsp3) is 0.667. The minimum absolute atomic E-state index is 0. The van der Waals surface area contributed by atoms with Gasteiger partial charge in [0.2, 0.25) is 0 Å². The van der Waals surface area contributed by atoms with Crippen LogP contribution in [-0.4, -0.2) is 98.9 Å². The summed E-state index contributed by atoms with van der Waals surface area (Å²) in [6.07, 6.45) is 1.24. The summed E-state index contributed by atoms with van der Waals surface area (Å²) >= 11 is 8.24. The summed E-state index contributed by atoms with van der Waals surface area (Å²) < 4.78 is 5.59. The number of nitrogens with zero attached hydrogens (tertiary/aromatic N) is 4. The molecule has 3 aliphatic rings. The van der Waals surface area contributed by atoms with Gasteiger partial charge in [0, 0.05) is 74.9 Å². The van der Waals surface area contributed by atoms with E-state index in [0.717, 1.165) is 70.0 Å². The van der Waals surface area contributed by atoms with E-state index in [4.69, 9.17) is 16.3 Å². The molecule has 3 saturated heterocycles. The Hall–Kier alpha value is -0.420. The Labute approximate surface area is 206 Å². The fourth-order valence-corrected chi connectivity index (χ4v) is 6.22. The lowest BCUT2D eigenvalue weighted by Gasteiger charge is -2.44. The van der Waals surface area contributed by atoms with E-state index in [9.17, 15) is 0 Å². The lowest BCUT2D eigenvalue weighted by Crippen LogP contribution is -2.61. The molecule has 0 radical (unpaired) electrons. The van der Waals surface area contributed by atoms with Crippen LogP contribution in [0.25, 0.3) is 0 Å². The predicted octanol–water partition coefficient (Wildman–Crippen LogP) is 2.86. The first-order chi connectivity index (χ1) is 14.2. The van der Waals surface area contributed by atoms with Crippen LogP contribution in [0, 0.1) is 0 Å². The van der Waals surface area contributed by atoms with E-state index in [1.54, 1.807) is 0 Å². The molecule has 1 aromatic carbocycles. The first kappa shape index (κ1) is 24.2. The highest BCUT2D eigenvalue weighted by atomic mass is 127. The van der Waals surface area contributed by atoms with Gasteiger partial charge in [-0.25, -0.2) is 0 Å². The van der Waals surface area contributed by atoms with Crippen LogP contribution in [-0.2, 0) is 4.74 Å². The van der Waals surface area contributed by atoms with E-state index in [2.05, 4.69) is 42.8 Å². The van der Waals surface area contributed by atoms with Crippen LogP contribution in [0.3, 0.4) is 0 Å². The van der Waals surface area contributed by atoms with Gasteiger partial charge in [0.25, 0.3) is 0 Å². The Morgan fingerprint density at radius 2 is 1.97 bits per heavy atom. The van der Waals surface area contributed by atoms with Gasteiger partial charge in [-0.3, -0.25) is 9.89 Å². The Morgan fingerprint density at radius 1 is 1.20 bits per heavy atom. The summed E-state index contributed by atoms with van der Waals surface area (Å²) in [5, 5.41) is 4.52. The number of morpholine rings is 1. The molecule has 0 saturated carbocycles. The summed E-state index contributed by atoms with van der Waals surface area (Å²) in [4.78, 5) is 12.0. The van der Waals surface area contributed by atoms with Gasteiger partial charge >= 0.3 is 0 Å². The van der Waals surface area contributed by atoms with Gasteiger partial charge in [-0.05, 0) is 30.4 Å². The number of halogens is 2. The number of rotatable bonds is 4. The molecule has 6 nitrogen and oxygen atoms in total. The Kier molecular flexibility index (Phi) is 9.24. The van der Waals surface area contributed by atoms with Crippen molar-refractivity contribution in [1.82, 2.24) is 15.1 Å². The molecule has 3 aliphatic heterocycles. The van der Waals surface area contributed by atoms with Crippen molar-refractivity contribution in [2.75, 3.05) is 82.5 Å². The molecule has 4 rings (SSSR count). The molecule has 3 heterocycles. The van der Waals surface area contributed by atoms with Crippen LogP contribution in [0.15, 0.2) is 29.3 Å². The Morgan fingerprint density at radius 3 is 2.60 bits per heavy atom. The van der Waals surface area contributed by atoms with Crippen molar-refractivity contribution in [2.24, 2.45) is 4.99 Å². The number of nitrogens with one attached hydrogen (secondary N) is 1. The fourth-order valence-electron chi connectivity index (χ4n) is 4.56. The van der Waals surface area contributed by atoms with E-state index < -0.39 is 0 Å². The van der Waals surface area contributed by atoms with Gasteiger partial charge in [0.05, 0.1) is 13.2 Å². The number of piperazine rings is 1. The first-order valence-corrected chi connectivity index (χ1v) is 12.1. The molecule has 1 aromatic rings. The molecule has 1 unspecified atom stereocenters. The van der Waals surface area contributed by atoms with E-state index in [1.807, 2.05) is 25.2 Å². The summed E-state index contributed by atoms with van der Waals surface area (Å²) in [6.45, 7) is 8.63. The van der Waals surface area contributed by atoms with Crippen molar-refractivity contribution in [1.29, 1.82) is 0 Å². The predicted molar refractivity (Wildman–Crippen MR) is 139 cm³/mol. The van der Waals surface area contributed by atoms with Crippen molar-refractivity contribution in [3.05, 3.63) is 29.3 Å². The van der Waals surface area contributed by atoms with Gasteiger partial charge in [-0.2, -0.15) is 11.8 Å². The maximum atomic E-state index is 6.17. The summed E-state index contributed by atoms with van der Waals surface area (Å²) in [5.74, 6) is 3.47. The van der Waals surface area contributed by atoms with Crippen LogP contribution < -0.4 is 10.2 Å². The van der Waals surface area contributed by atoms with E-state index in [0.29, 0.717) is 0 Å². The van der Waals surface area contributed by atoms with Crippen LogP contribution in [0.2, 0.25) is 5.02 Å². The third-order valence-corrected chi connectivity index (χ3v) is 7.77. The second-order valence-corrected chi connectivity index (χ2v) is 9.52. The molecule has 1 atom stereocenters. The molecule has 9 heteroatoms. The van der Waals surface area contributed by atoms with Crippen molar-refractivity contribution < 1.29 is 4.74 Å². The van der Waals surface area contributed by atoms with Gasteiger partial charge in [-0.15, -0.1) is 24.0 Å². The van der Waals surface area contributed by atoms with Gasteiger partial charge in [0.15, 0.2) is 5.96 Å². The minimum atomic E-state index is 0. The molecule has 0 aromatic heterocycles. The molecule has 0 aliphatic carbocycles. The Balaban J connectivity index is 0.00000256. The van der Waals surface area contributed by atoms with Crippen LogP contribution >= 0.6 is 47.3 Å². The van der Waals surface area contributed by atoms with Gasteiger partial charge in [0.1, 0.15) is 0 Å². The average Bonchev–Trinajstić information content (AvgIpc) is 3.25. The lowest BCUT2D eigenvalue weighted by molar-refractivity contribution is -0.0121. The molecule has 0 amide bonds. The zero-order valence-corrected chi connectivity index (χ0v) is 21.6. The number of anilines is 1. The van der Waals surface area contributed by atoms with Crippen molar-refractivity contribution in [3.8, 4) is 0 Å². The highest BCUT2D eigenvalue weighted by Crippen LogP contribution is 2.33. The number of aliphatic imine (C=N–C) groups is 1. The largest absolute Gasteiger partial charge is 0.379 e. The normalized spacial score (nSPS) is 25.9. The molecule has 0 spiro atoms. The number of thioether (sulfide) groups is 1. The number of hydrogen-bond acceptors (Lipinski definition) is 5. The van der Waals surface area contributed by atoms with Crippen LogP contribution in [0.4, 0.5) is 5.69 Å². The first-order valence-electron chi connectivity index (χ1n) is 10.6. The molecule has 168 valence electrons. The maximum absolute atomic E-state index is 6.17. The van der Waals surface area contributed by atoms with Crippen molar-refractivity contribution in [2.45, 2.75) is 12.0 Å². The lowest BCUT2D eigenvalue weighted by atomic mass is 9.95. The maximum Gasteiger partial charge on any atom is 0.193 e. The third-order valence-electron chi connectivity index (χ3n) is 6.30. The SMILES string of the molecule is CN=C(NCC1(N2CCOCC2)CCSC1)N1CCN(c2cccc(Cl)c2)CC1.I.